The molecule has 0 radical (unpaired) electrons. The van der Waals surface area contributed by atoms with Crippen molar-refractivity contribution >= 4 is 10.5 Å². The Hall–Kier alpha value is 0.0569. The predicted molar refractivity (Wildman–Crippen MR) is 40.6 cm³/mol. The summed E-state index contributed by atoms with van der Waals surface area (Å²) in [7, 11) is 0.643. The van der Waals surface area contributed by atoms with Crippen molar-refractivity contribution in [3.63, 3.8) is 0 Å². The van der Waals surface area contributed by atoms with Gasteiger partial charge in [0.05, 0.1) is 6.10 Å². The van der Waals surface area contributed by atoms with Crippen LogP contribution in [0.4, 0.5) is 0 Å². The molecule has 9 heavy (non-hydrogen) atoms. The molecule has 6 N–H and O–H groups in total. The van der Waals surface area contributed by atoms with Crippen molar-refractivity contribution in [2.24, 2.45) is 17.2 Å². The third-order valence-electron chi connectivity index (χ3n) is 1.46. The van der Waals surface area contributed by atoms with Crippen molar-refractivity contribution in [3.05, 3.63) is 0 Å². The van der Waals surface area contributed by atoms with Gasteiger partial charge in [-0.2, -0.15) is 0 Å². The minimum absolute atomic E-state index is 0.144. The van der Waals surface area contributed by atoms with E-state index in [1.54, 1.807) is 0 Å². The highest BCUT2D eigenvalue weighted by Crippen LogP contribution is 1.98. The van der Waals surface area contributed by atoms with Gasteiger partial charge in [-0.05, 0) is 6.92 Å². The van der Waals surface area contributed by atoms with Crippen LogP contribution in [0.25, 0.3) is 0 Å². The van der Waals surface area contributed by atoms with E-state index in [0.717, 1.165) is 0 Å². The molecule has 0 rings (SSSR count). The van der Waals surface area contributed by atoms with E-state index in [1.165, 1.54) is 0 Å². The second kappa shape index (κ2) is 3.28. The second-order valence-electron chi connectivity index (χ2n) is 2.19. The Balaban J connectivity index is 3.80. The molecule has 0 saturated carbocycles. The number of hydrogen-bond donors (Lipinski definition) is 3. The Morgan fingerprint density at radius 2 is 2.11 bits per heavy atom. The van der Waals surface area contributed by atoms with Crippen LogP contribution in [0.2, 0.25) is 0 Å². The zero-order chi connectivity index (χ0) is 7.49. The first-order valence-electron chi connectivity index (χ1n) is 2.85. The van der Waals surface area contributed by atoms with Crippen LogP contribution in [-0.2, 0) is 4.43 Å². The number of rotatable bonds is 3. The highest BCUT2D eigenvalue weighted by atomic mass is 28.2. The molecule has 0 aliphatic carbocycles. The molecule has 0 aromatic carbocycles. The lowest BCUT2D eigenvalue weighted by Gasteiger charge is -2.28. The average Bonchev–Trinajstić information content (AvgIpc) is 1.86. The lowest BCUT2D eigenvalue weighted by atomic mass is 10.1. The van der Waals surface area contributed by atoms with Crippen LogP contribution in [-0.4, -0.2) is 28.8 Å². The summed E-state index contributed by atoms with van der Waals surface area (Å²) >= 11 is 0. The Bertz CT molecular complexity index is 87.9. The van der Waals surface area contributed by atoms with Crippen molar-refractivity contribution in [2.45, 2.75) is 18.7 Å². The molecular formula is C4H15N3OSi. The third kappa shape index (κ3) is 2.42. The minimum Gasteiger partial charge on any atom is -0.422 e. The first-order valence-corrected chi connectivity index (χ1v) is 3.67. The fraction of sp³-hybridized carbons (Fsp3) is 1.00. The molecule has 0 aliphatic heterocycles. The molecule has 0 saturated heterocycles. The Morgan fingerprint density at radius 3 is 2.22 bits per heavy atom. The van der Waals surface area contributed by atoms with Crippen LogP contribution in [0.1, 0.15) is 6.92 Å². The van der Waals surface area contributed by atoms with Crippen molar-refractivity contribution in [3.8, 4) is 0 Å². The molecule has 0 bridgehead atoms. The molecule has 0 heterocycles. The summed E-state index contributed by atoms with van der Waals surface area (Å²) in [4.78, 5) is 0. The summed E-state index contributed by atoms with van der Waals surface area (Å²) in [6.45, 7) is 2.07. The maximum absolute atomic E-state index is 5.52. The topological polar surface area (TPSA) is 87.3 Å². The molecule has 1 atom stereocenters. The molecule has 56 valence electrons. The van der Waals surface area contributed by atoms with Gasteiger partial charge in [-0.15, -0.1) is 0 Å². The van der Waals surface area contributed by atoms with Crippen LogP contribution in [0.3, 0.4) is 0 Å². The summed E-state index contributed by atoms with van der Waals surface area (Å²) in [5, 5.41) is 0. The summed E-state index contributed by atoms with van der Waals surface area (Å²) in [6, 6.07) is 0. The first-order chi connectivity index (χ1) is 4.04. The first kappa shape index (κ1) is 9.06. The fourth-order valence-electron chi connectivity index (χ4n) is 0.385. The van der Waals surface area contributed by atoms with E-state index in [1.807, 2.05) is 6.92 Å². The zero-order valence-electron chi connectivity index (χ0n) is 5.92. The standard InChI is InChI=1S/C4H15N3OSi/c1-3(8-9)4(6,7)2-5/h3H,2,5-7H2,1,9H3. The summed E-state index contributed by atoms with van der Waals surface area (Å²) in [5.41, 5.74) is 15.4. The molecular weight excluding hydrogens is 134 g/mol. The van der Waals surface area contributed by atoms with Crippen LogP contribution >= 0.6 is 0 Å². The minimum atomic E-state index is -0.859. The molecule has 5 heteroatoms. The maximum atomic E-state index is 5.52. The largest absolute Gasteiger partial charge is 0.422 e. The summed E-state index contributed by atoms with van der Waals surface area (Å²) < 4.78 is 5.01. The van der Waals surface area contributed by atoms with Crippen molar-refractivity contribution in [1.82, 2.24) is 0 Å². The van der Waals surface area contributed by atoms with Gasteiger partial charge < -0.3 is 21.6 Å². The maximum Gasteiger partial charge on any atom is 0.146 e. The van der Waals surface area contributed by atoms with Crippen molar-refractivity contribution < 1.29 is 4.43 Å². The van der Waals surface area contributed by atoms with Gasteiger partial charge in [-0.1, -0.05) is 0 Å². The quantitative estimate of drug-likeness (QED) is 0.300. The van der Waals surface area contributed by atoms with E-state index in [4.69, 9.17) is 21.6 Å². The van der Waals surface area contributed by atoms with Gasteiger partial charge in [0, 0.05) is 6.54 Å². The van der Waals surface area contributed by atoms with Crippen LogP contribution in [0.5, 0.6) is 0 Å². The highest BCUT2D eigenvalue weighted by Gasteiger charge is 2.24. The monoisotopic (exact) mass is 149 g/mol. The van der Waals surface area contributed by atoms with Crippen LogP contribution in [0.15, 0.2) is 0 Å². The fourth-order valence-corrected chi connectivity index (χ4v) is 0.824. The smallest absolute Gasteiger partial charge is 0.146 e. The summed E-state index contributed by atoms with van der Waals surface area (Å²) in [6.07, 6.45) is -0.144. The molecule has 4 nitrogen and oxygen atoms in total. The van der Waals surface area contributed by atoms with Gasteiger partial charge in [0.1, 0.15) is 16.1 Å². The van der Waals surface area contributed by atoms with Crippen molar-refractivity contribution in [1.29, 1.82) is 0 Å². The molecule has 0 aliphatic rings. The van der Waals surface area contributed by atoms with E-state index >= 15 is 0 Å². The van der Waals surface area contributed by atoms with E-state index in [9.17, 15) is 0 Å². The van der Waals surface area contributed by atoms with Gasteiger partial charge in [0.15, 0.2) is 0 Å². The van der Waals surface area contributed by atoms with E-state index in [-0.39, 0.29) is 12.6 Å². The van der Waals surface area contributed by atoms with E-state index < -0.39 is 5.66 Å². The third-order valence-corrected chi connectivity index (χ3v) is 2.17. The van der Waals surface area contributed by atoms with Crippen LogP contribution < -0.4 is 17.2 Å². The van der Waals surface area contributed by atoms with Crippen LogP contribution in [0, 0.1) is 0 Å². The average molecular weight is 149 g/mol. The van der Waals surface area contributed by atoms with Gasteiger partial charge in [-0.3, -0.25) is 0 Å². The van der Waals surface area contributed by atoms with Gasteiger partial charge in [0.25, 0.3) is 0 Å². The number of nitrogens with two attached hydrogens (primary N) is 3. The highest BCUT2D eigenvalue weighted by molar-refractivity contribution is 5.98. The van der Waals surface area contributed by atoms with Gasteiger partial charge in [0.2, 0.25) is 0 Å². The SMILES string of the molecule is CC(O[SiH3])C(N)(N)CN. The predicted octanol–water partition coefficient (Wildman–Crippen LogP) is -2.76. The molecule has 0 spiro atoms. The Morgan fingerprint density at radius 1 is 1.67 bits per heavy atom. The van der Waals surface area contributed by atoms with Crippen molar-refractivity contribution in [2.75, 3.05) is 6.54 Å². The summed E-state index contributed by atoms with van der Waals surface area (Å²) in [5.74, 6) is 0. The normalized spacial score (nSPS) is 16.0. The Kier molecular flexibility index (Phi) is 3.30. The zero-order valence-corrected chi connectivity index (χ0v) is 7.92. The Labute approximate surface area is 58.3 Å². The lowest BCUT2D eigenvalue weighted by molar-refractivity contribution is 0.145. The molecule has 0 aromatic rings. The molecule has 0 amide bonds. The molecule has 1 unspecified atom stereocenters. The van der Waals surface area contributed by atoms with Gasteiger partial charge in [-0.25, -0.2) is 0 Å². The molecule has 0 fully saturated rings. The second-order valence-corrected chi connectivity index (χ2v) is 2.67. The lowest BCUT2D eigenvalue weighted by Crippen LogP contribution is -2.63. The van der Waals surface area contributed by atoms with E-state index in [2.05, 4.69) is 0 Å². The van der Waals surface area contributed by atoms with E-state index in [0.29, 0.717) is 10.5 Å². The number of hydrogen-bond acceptors (Lipinski definition) is 4. The molecule has 0 aromatic heterocycles. The van der Waals surface area contributed by atoms with Gasteiger partial charge >= 0.3 is 0 Å².